The summed E-state index contributed by atoms with van der Waals surface area (Å²) in [7, 11) is 0. The first kappa shape index (κ1) is 23.8. The molecule has 10 nitrogen and oxygen atoms in total. The van der Waals surface area contributed by atoms with Crippen molar-refractivity contribution in [3.8, 4) is 11.5 Å². The van der Waals surface area contributed by atoms with Gasteiger partial charge in [-0.25, -0.2) is 0 Å². The highest BCUT2D eigenvalue weighted by Gasteiger charge is 2.23. The fraction of sp³-hybridized carbons (Fsp3) is 0.261. The van der Waals surface area contributed by atoms with Crippen molar-refractivity contribution in [2.24, 2.45) is 11.5 Å². The molecule has 3 rings (SSSR count). The Bertz CT molecular complexity index is 1130. The number of phenolic OH excluding ortho intramolecular Hbond substituents is 1. The Morgan fingerprint density at radius 1 is 1.06 bits per heavy atom. The minimum Gasteiger partial charge on any atom is -0.508 e. The van der Waals surface area contributed by atoms with Crippen LogP contribution in [0.1, 0.15) is 11.1 Å². The number of fused-ring (bicyclic) bond motifs is 1. The minimum absolute atomic E-state index is 0.0736. The van der Waals surface area contributed by atoms with Crippen LogP contribution in [0.25, 0.3) is 10.9 Å². The van der Waals surface area contributed by atoms with E-state index in [0.717, 1.165) is 16.5 Å². The summed E-state index contributed by atoms with van der Waals surface area (Å²) in [6.07, 6.45) is 2.70. The van der Waals surface area contributed by atoms with Gasteiger partial charge in [0.15, 0.2) is 6.61 Å². The number of benzene rings is 2. The Morgan fingerprint density at radius 3 is 2.52 bits per heavy atom. The van der Waals surface area contributed by atoms with Crippen molar-refractivity contribution in [2.75, 3.05) is 19.7 Å². The molecule has 0 radical (unpaired) electrons. The highest BCUT2D eigenvalue weighted by atomic mass is 16.5. The largest absolute Gasteiger partial charge is 0.508 e. The number of ether oxygens (including phenoxy) is 1. The van der Waals surface area contributed by atoms with E-state index in [9.17, 15) is 19.5 Å². The fourth-order valence-corrected chi connectivity index (χ4v) is 3.35. The Balaban J connectivity index is 1.66. The zero-order chi connectivity index (χ0) is 23.8. The highest BCUT2D eigenvalue weighted by molar-refractivity contribution is 6.00. The molecule has 0 saturated carbocycles. The van der Waals surface area contributed by atoms with Crippen LogP contribution in [0, 0.1) is 0 Å². The number of aromatic amines is 1. The lowest BCUT2D eigenvalue weighted by Crippen LogP contribution is -2.51. The number of carbonyl (C=O) groups excluding carboxylic acids is 3. The van der Waals surface area contributed by atoms with Crippen molar-refractivity contribution in [2.45, 2.75) is 18.9 Å². The maximum atomic E-state index is 12.5. The van der Waals surface area contributed by atoms with Gasteiger partial charge in [-0.3, -0.25) is 19.7 Å². The van der Waals surface area contributed by atoms with Gasteiger partial charge < -0.3 is 31.6 Å². The Labute approximate surface area is 190 Å². The van der Waals surface area contributed by atoms with Crippen LogP contribution in [-0.2, 0) is 27.2 Å². The van der Waals surface area contributed by atoms with E-state index in [1.807, 2.05) is 18.3 Å². The molecular formula is C23H27N5O5. The van der Waals surface area contributed by atoms with Gasteiger partial charge in [-0.15, -0.1) is 0 Å². The van der Waals surface area contributed by atoms with Crippen LogP contribution in [-0.4, -0.2) is 53.6 Å². The van der Waals surface area contributed by atoms with Crippen LogP contribution in [0.3, 0.4) is 0 Å². The van der Waals surface area contributed by atoms with Crippen molar-refractivity contribution in [3.63, 3.8) is 0 Å². The molecule has 8 N–H and O–H groups in total. The molecule has 0 bridgehead atoms. The van der Waals surface area contributed by atoms with Gasteiger partial charge in [-0.2, -0.15) is 0 Å². The number of rotatable bonds is 10. The molecule has 33 heavy (non-hydrogen) atoms. The average molecular weight is 453 g/mol. The Kier molecular flexibility index (Phi) is 8.01. The molecule has 1 aromatic heterocycles. The number of H-pyrrole nitrogens is 1. The fourth-order valence-electron chi connectivity index (χ4n) is 3.35. The second-order valence-electron chi connectivity index (χ2n) is 7.46. The van der Waals surface area contributed by atoms with E-state index >= 15 is 0 Å². The molecule has 3 amide bonds. The van der Waals surface area contributed by atoms with E-state index in [0.29, 0.717) is 24.3 Å². The van der Waals surface area contributed by atoms with Crippen LogP contribution < -0.4 is 26.8 Å². The maximum Gasteiger partial charge on any atom is 0.258 e. The zero-order valence-electron chi connectivity index (χ0n) is 18.0. The van der Waals surface area contributed by atoms with Gasteiger partial charge in [0.25, 0.3) is 5.91 Å². The predicted molar refractivity (Wildman–Crippen MR) is 122 cm³/mol. The smallest absolute Gasteiger partial charge is 0.258 e. The van der Waals surface area contributed by atoms with Crippen molar-refractivity contribution in [3.05, 3.63) is 59.8 Å². The van der Waals surface area contributed by atoms with Crippen molar-refractivity contribution < 1.29 is 24.2 Å². The number of hydrogen-bond acceptors (Lipinski definition) is 7. The SMILES string of the molecule is NCCc1c[nH]c2ccc(OCC(=O)N[C@@H](Cc3ccc(O)cc3)C(=O)NC(=O)CN)cc12. The number of aromatic hydroxyl groups is 1. The van der Waals surface area contributed by atoms with Gasteiger partial charge in [0, 0.05) is 23.5 Å². The van der Waals surface area contributed by atoms with E-state index in [4.69, 9.17) is 16.2 Å². The number of nitrogens with two attached hydrogens (primary N) is 2. The van der Waals surface area contributed by atoms with Gasteiger partial charge in [0.05, 0.1) is 6.54 Å². The van der Waals surface area contributed by atoms with E-state index in [2.05, 4.69) is 15.6 Å². The molecule has 1 atom stereocenters. The molecule has 174 valence electrons. The summed E-state index contributed by atoms with van der Waals surface area (Å²) in [5.41, 5.74) is 13.6. The van der Waals surface area contributed by atoms with Crippen LogP contribution >= 0.6 is 0 Å². The van der Waals surface area contributed by atoms with Crippen LogP contribution in [0.15, 0.2) is 48.7 Å². The number of nitrogens with one attached hydrogen (secondary N) is 3. The number of imide groups is 1. The van der Waals surface area contributed by atoms with Crippen molar-refractivity contribution in [1.82, 2.24) is 15.6 Å². The molecule has 1 heterocycles. The maximum absolute atomic E-state index is 12.5. The summed E-state index contributed by atoms with van der Waals surface area (Å²) in [6.45, 7) is -0.174. The first-order valence-electron chi connectivity index (χ1n) is 10.4. The highest BCUT2D eigenvalue weighted by Crippen LogP contribution is 2.24. The minimum atomic E-state index is -1.04. The molecule has 0 spiro atoms. The lowest BCUT2D eigenvalue weighted by atomic mass is 10.0. The third-order valence-corrected chi connectivity index (χ3v) is 5.00. The first-order chi connectivity index (χ1) is 15.9. The quantitative estimate of drug-likeness (QED) is 0.252. The lowest BCUT2D eigenvalue weighted by Gasteiger charge is -2.18. The second kappa shape index (κ2) is 11.1. The molecule has 0 aliphatic heterocycles. The Hall–Kier alpha value is -3.89. The lowest BCUT2D eigenvalue weighted by molar-refractivity contribution is -0.134. The summed E-state index contributed by atoms with van der Waals surface area (Å²) in [4.78, 5) is 39.7. The van der Waals surface area contributed by atoms with Crippen molar-refractivity contribution >= 4 is 28.6 Å². The predicted octanol–water partition coefficient (Wildman–Crippen LogP) is 0.0825. The molecule has 0 aliphatic carbocycles. The number of phenols is 1. The summed E-state index contributed by atoms with van der Waals surface area (Å²) in [5.74, 6) is -1.32. The molecule has 0 saturated heterocycles. The number of aromatic nitrogens is 1. The molecule has 10 heteroatoms. The van der Waals surface area contributed by atoms with E-state index in [-0.39, 0.29) is 25.3 Å². The molecule has 0 fully saturated rings. The summed E-state index contributed by atoms with van der Waals surface area (Å²) in [5, 5.41) is 15.1. The van der Waals surface area contributed by atoms with E-state index in [1.54, 1.807) is 18.2 Å². The zero-order valence-corrected chi connectivity index (χ0v) is 18.0. The van der Waals surface area contributed by atoms with Crippen molar-refractivity contribution in [1.29, 1.82) is 0 Å². The topological polar surface area (TPSA) is 173 Å². The summed E-state index contributed by atoms with van der Waals surface area (Å²) in [6, 6.07) is 10.5. The van der Waals surface area contributed by atoms with Gasteiger partial charge in [-0.1, -0.05) is 12.1 Å². The normalized spacial score (nSPS) is 11.7. The monoisotopic (exact) mass is 453 g/mol. The molecule has 2 aromatic carbocycles. The van der Waals surface area contributed by atoms with Gasteiger partial charge in [0.1, 0.15) is 17.5 Å². The molecular weight excluding hydrogens is 426 g/mol. The number of carbonyl (C=O) groups is 3. The molecule has 0 unspecified atom stereocenters. The Morgan fingerprint density at radius 2 is 1.82 bits per heavy atom. The van der Waals surface area contributed by atoms with Crippen LogP contribution in [0.5, 0.6) is 11.5 Å². The van der Waals surface area contributed by atoms with E-state index in [1.165, 1.54) is 12.1 Å². The molecule has 0 aliphatic rings. The van der Waals surface area contributed by atoms with Gasteiger partial charge in [0.2, 0.25) is 11.8 Å². The summed E-state index contributed by atoms with van der Waals surface area (Å²) >= 11 is 0. The van der Waals surface area contributed by atoms with Gasteiger partial charge in [-0.05, 0) is 54.4 Å². The van der Waals surface area contributed by atoms with E-state index < -0.39 is 23.8 Å². The summed E-state index contributed by atoms with van der Waals surface area (Å²) < 4.78 is 5.62. The average Bonchev–Trinajstić information content (AvgIpc) is 3.21. The third kappa shape index (κ3) is 6.55. The van der Waals surface area contributed by atoms with Crippen LogP contribution in [0.2, 0.25) is 0 Å². The van der Waals surface area contributed by atoms with Gasteiger partial charge >= 0.3 is 0 Å². The second-order valence-corrected chi connectivity index (χ2v) is 7.46. The van der Waals surface area contributed by atoms with Crippen LogP contribution in [0.4, 0.5) is 0 Å². The third-order valence-electron chi connectivity index (χ3n) is 5.00. The first-order valence-corrected chi connectivity index (χ1v) is 10.4. The number of amides is 3. The molecule has 3 aromatic rings. The number of hydrogen-bond donors (Lipinski definition) is 6. The standard InChI is InChI=1S/C23H27N5O5/c24-8-7-15-12-26-19-6-5-17(10-18(15)19)33-13-22(31)27-20(23(32)28-21(30)11-25)9-14-1-3-16(29)4-2-14/h1-6,10,12,20,26,29H,7-9,11,13,24-25H2,(H,27,31)(H,28,30,32)/t20-/m0/s1.